The summed E-state index contributed by atoms with van der Waals surface area (Å²) in [4.78, 5) is 4.05. The maximum atomic E-state index is 13.3. The molecule has 0 saturated heterocycles. The molecule has 0 amide bonds. The molecule has 1 fully saturated rings. The van der Waals surface area contributed by atoms with Gasteiger partial charge < -0.3 is 0 Å². The molecule has 6 heteroatoms. The van der Waals surface area contributed by atoms with Gasteiger partial charge in [-0.15, -0.1) is 0 Å². The third-order valence-electron chi connectivity index (χ3n) is 3.58. The van der Waals surface area contributed by atoms with Crippen LogP contribution in [-0.2, 0) is 5.41 Å². The van der Waals surface area contributed by atoms with E-state index in [0.717, 1.165) is 0 Å². The Hall–Kier alpha value is -1.00. The monoisotopic (exact) mass is 305 g/mol. The van der Waals surface area contributed by atoms with Gasteiger partial charge in [0, 0.05) is 22.2 Å². The molecule has 3 rings (SSSR count). The number of fused-ring (bicyclic) bond motifs is 1. The summed E-state index contributed by atoms with van der Waals surface area (Å²) in [6, 6.07) is 4.61. The Bertz CT molecular complexity index is 663. The number of halogens is 5. The van der Waals surface area contributed by atoms with Crippen LogP contribution < -0.4 is 0 Å². The van der Waals surface area contributed by atoms with Gasteiger partial charge in [0.2, 0.25) is 0 Å². The lowest BCUT2D eigenvalue weighted by Gasteiger charge is -2.22. The largest absolute Gasteiger partial charge is 0.398 e. The predicted octanol–water partition coefficient (Wildman–Crippen LogP) is 5.14. The van der Waals surface area contributed by atoms with E-state index in [9.17, 15) is 13.2 Å². The molecule has 0 bridgehead atoms. The molecule has 100 valence electrons. The summed E-state index contributed by atoms with van der Waals surface area (Å²) in [5.41, 5.74) is -1.56. The summed E-state index contributed by atoms with van der Waals surface area (Å²) in [7, 11) is 0. The van der Waals surface area contributed by atoms with E-state index >= 15 is 0 Å². The number of hydrogen-bond acceptors (Lipinski definition) is 1. The first kappa shape index (κ1) is 13.0. The van der Waals surface area contributed by atoms with Crippen molar-refractivity contribution >= 4 is 34.1 Å². The van der Waals surface area contributed by atoms with E-state index < -0.39 is 11.6 Å². The van der Waals surface area contributed by atoms with Crippen LogP contribution in [0.3, 0.4) is 0 Å². The van der Waals surface area contributed by atoms with Crippen LogP contribution in [0.25, 0.3) is 10.9 Å². The Balaban J connectivity index is 2.36. The van der Waals surface area contributed by atoms with Gasteiger partial charge in [0.1, 0.15) is 0 Å². The summed E-state index contributed by atoms with van der Waals surface area (Å²) >= 11 is 12.0. The van der Waals surface area contributed by atoms with E-state index in [1.54, 1.807) is 12.1 Å². The van der Waals surface area contributed by atoms with Crippen molar-refractivity contribution in [2.75, 3.05) is 0 Å². The molecule has 2 aromatic rings. The number of benzene rings is 1. The molecule has 0 aliphatic heterocycles. The van der Waals surface area contributed by atoms with Gasteiger partial charge in [0.25, 0.3) is 0 Å². The minimum Gasteiger partial charge on any atom is -0.256 e. The third kappa shape index (κ3) is 1.81. The summed E-state index contributed by atoms with van der Waals surface area (Å²) in [6.07, 6.45) is -2.83. The summed E-state index contributed by atoms with van der Waals surface area (Å²) in [5.74, 6) is 0. The first-order chi connectivity index (χ1) is 8.87. The number of nitrogens with zero attached hydrogens (tertiary/aromatic N) is 1. The lowest BCUT2D eigenvalue weighted by Crippen LogP contribution is -2.29. The standard InChI is InChI=1S/C13H8Cl2F3N/c14-8-3-6-19-11-7(8)1-2-9(15)10(11)12(4-5-12)13(16,17)18/h1-3,6H,4-5H2. The Labute approximate surface area is 117 Å². The van der Waals surface area contributed by atoms with Crippen molar-refractivity contribution in [1.82, 2.24) is 4.98 Å². The van der Waals surface area contributed by atoms with Gasteiger partial charge in [-0.2, -0.15) is 13.2 Å². The quantitative estimate of drug-likeness (QED) is 0.711. The molecule has 0 unspecified atom stereocenters. The van der Waals surface area contributed by atoms with Crippen LogP contribution in [0.15, 0.2) is 24.4 Å². The van der Waals surface area contributed by atoms with E-state index in [4.69, 9.17) is 23.2 Å². The van der Waals surface area contributed by atoms with Crippen LogP contribution >= 0.6 is 23.2 Å². The first-order valence-corrected chi connectivity index (χ1v) is 6.42. The number of hydrogen-bond donors (Lipinski definition) is 0. The maximum Gasteiger partial charge on any atom is 0.398 e. The van der Waals surface area contributed by atoms with Crippen molar-refractivity contribution in [3.05, 3.63) is 40.0 Å². The van der Waals surface area contributed by atoms with Crippen molar-refractivity contribution in [2.24, 2.45) is 0 Å². The normalized spacial score (nSPS) is 17.7. The molecule has 19 heavy (non-hydrogen) atoms. The summed E-state index contributed by atoms with van der Waals surface area (Å²) in [6.45, 7) is 0. The smallest absolute Gasteiger partial charge is 0.256 e. The minimum absolute atomic E-state index is 0.0452. The van der Waals surface area contributed by atoms with E-state index in [1.165, 1.54) is 12.3 Å². The zero-order valence-electron chi connectivity index (χ0n) is 9.56. The second-order valence-electron chi connectivity index (χ2n) is 4.69. The van der Waals surface area contributed by atoms with Gasteiger partial charge in [-0.25, -0.2) is 0 Å². The van der Waals surface area contributed by atoms with E-state index in [2.05, 4.69) is 4.98 Å². The molecule has 1 aromatic carbocycles. The van der Waals surface area contributed by atoms with Gasteiger partial charge in [-0.3, -0.25) is 4.98 Å². The number of alkyl halides is 3. The molecule has 0 atom stereocenters. The topological polar surface area (TPSA) is 12.9 Å². The lowest BCUT2D eigenvalue weighted by molar-refractivity contribution is -0.160. The van der Waals surface area contributed by atoms with Crippen molar-refractivity contribution in [2.45, 2.75) is 24.4 Å². The van der Waals surface area contributed by atoms with Crippen LogP contribution in [0.4, 0.5) is 13.2 Å². The van der Waals surface area contributed by atoms with Crippen molar-refractivity contribution in [1.29, 1.82) is 0 Å². The van der Waals surface area contributed by atoms with Gasteiger partial charge in [0.15, 0.2) is 0 Å². The summed E-state index contributed by atoms with van der Waals surface area (Å²) < 4.78 is 39.8. The number of pyridine rings is 1. The first-order valence-electron chi connectivity index (χ1n) is 5.67. The van der Waals surface area contributed by atoms with E-state index in [0.29, 0.717) is 10.4 Å². The van der Waals surface area contributed by atoms with Gasteiger partial charge >= 0.3 is 6.18 Å². The van der Waals surface area contributed by atoms with Crippen LogP contribution in [0, 0.1) is 0 Å². The highest BCUT2D eigenvalue weighted by Gasteiger charge is 2.65. The zero-order valence-corrected chi connectivity index (χ0v) is 11.1. The summed E-state index contributed by atoms with van der Waals surface area (Å²) in [5, 5.41) is 0.970. The van der Waals surface area contributed by atoms with Crippen LogP contribution in [0.1, 0.15) is 18.4 Å². The second kappa shape index (κ2) is 4.00. The molecular weight excluding hydrogens is 298 g/mol. The highest BCUT2D eigenvalue weighted by Crippen LogP contribution is 2.61. The molecule has 1 saturated carbocycles. The average molecular weight is 306 g/mol. The molecule has 0 spiro atoms. The van der Waals surface area contributed by atoms with Crippen molar-refractivity contribution in [3.63, 3.8) is 0 Å². The van der Waals surface area contributed by atoms with Crippen molar-refractivity contribution < 1.29 is 13.2 Å². The van der Waals surface area contributed by atoms with Gasteiger partial charge in [0.05, 0.1) is 16.0 Å². The van der Waals surface area contributed by atoms with Crippen LogP contribution in [0.2, 0.25) is 10.0 Å². The Morgan fingerprint density at radius 2 is 1.74 bits per heavy atom. The molecule has 0 N–H and O–H groups in total. The maximum absolute atomic E-state index is 13.3. The molecule has 1 heterocycles. The van der Waals surface area contributed by atoms with E-state index in [1.807, 2.05) is 0 Å². The number of aromatic nitrogens is 1. The number of rotatable bonds is 1. The second-order valence-corrected chi connectivity index (χ2v) is 5.51. The Morgan fingerprint density at radius 3 is 2.32 bits per heavy atom. The van der Waals surface area contributed by atoms with Gasteiger partial charge in [-0.05, 0) is 31.0 Å². The zero-order chi connectivity index (χ0) is 13.8. The Kier molecular flexibility index (Phi) is 2.74. The Morgan fingerprint density at radius 1 is 1.05 bits per heavy atom. The molecule has 1 nitrogen and oxygen atoms in total. The molecule has 1 aromatic heterocycles. The third-order valence-corrected chi connectivity index (χ3v) is 4.22. The molecule has 1 aliphatic rings. The SMILES string of the molecule is FC(F)(F)C1(c2c(Cl)ccc3c(Cl)ccnc23)CC1. The molecule has 0 radical (unpaired) electrons. The van der Waals surface area contributed by atoms with Crippen molar-refractivity contribution in [3.8, 4) is 0 Å². The predicted molar refractivity (Wildman–Crippen MR) is 68.7 cm³/mol. The molecule has 1 aliphatic carbocycles. The van der Waals surface area contributed by atoms with Crippen LogP contribution in [-0.4, -0.2) is 11.2 Å². The molecular formula is C13H8Cl2F3N. The average Bonchev–Trinajstić information content (AvgIpc) is 3.09. The highest BCUT2D eigenvalue weighted by atomic mass is 35.5. The van der Waals surface area contributed by atoms with Gasteiger partial charge in [-0.1, -0.05) is 23.2 Å². The highest BCUT2D eigenvalue weighted by molar-refractivity contribution is 6.36. The van der Waals surface area contributed by atoms with E-state index in [-0.39, 0.29) is 28.9 Å². The fraction of sp³-hybridized carbons (Fsp3) is 0.308. The fourth-order valence-electron chi connectivity index (χ4n) is 2.42. The van der Waals surface area contributed by atoms with Crippen LogP contribution in [0.5, 0.6) is 0 Å². The lowest BCUT2D eigenvalue weighted by atomic mass is 9.92. The minimum atomic E-state index is -4.32. The fourth-order valence-corrected chi connectivity index (χ4v) is 2.96.